The molecule has 5 rings (SSSR count). The van der Waals surface area contributed by atoms with Crippen LogP contribution in [0.4, 0.5) is 0 Å². The Morgan fingerprint density at radius 1 is 1.05 bits per heavy atom. The second-order valence-electron chi connectivity index (χ2n) is 10.3. The summed E-state index contributed by atoms with van der Waals surface area (Å²) in [5, 5.41) is 3.10. The third-order valence-corrected chi connectivity index (χ3v) is 7.33. The number of carbonyl (C=O) groups is 3. The molecular formula is C32H35N3O6. The number of hydrogen-bond donors (Lipinski definition) is 1. The number of hydrogen-bond acceptors (Lipinski definition) is 6. The summed E-state index contributed by atoms with van der Waals surface area (Å²) in [7, 11) is 1.54. The van der Waals surface area contributed by atoms with E-state index in [0.717, 1.165) is 5.56 Å². The molecule has 41 heavy (non-hydrogen) atoms. The fraction of sp³-hybridized carbons (Fsp3) is 0.344. The van der Waals surface area contributed by atoms with Gasteiger partial charge in [0, 0.05) is 30.8 Å². The van der Waals surface area contributed by atoms with Gasteiger partial charge in [-0.1, -0.05) is 37.3 Å². The Bertz CT molecular complexity index is 1400. The normalized spacial score (nSPS) is 19.6. The number of rotatable bonds is 4. The minimum absolute atomic E-state index is 0.0728. The molecule has 0 aliphatic carbocycles. The Hall–Kier alpha value is -4.37. The van der Waals surface area contributed by atoms with Gasteiger partial charge in [-0.2, -0.15) is 0 Å². The first-order valence-corrected chi connectivity index (χ1v) is 13.9. The average Bonchev–Trinajstić information content (AvgIpc) is 3.00. The molecule has 0 unspecified atom stereocenters. The zero-order chi connectivity index (χ0) is 28.8. The van der Waals surface area contributed by atoms with Gasteiger partial charge in [0.1, 0.15) is 5.75 Å². The SMILES string of the molecule is CCCN1CC(=O)N[C@H]2CCN(C(=O)c3ccccc3)C[C@@H]2OCc2cccc(c2)Oc2cc(ccc2OC)C1=O. The standard InChI is InChI=1S/C32H35N3O6/c1-3-15-34-20-30(36)33-26-14-16-35(31(37)23-9-5-4-6-10-23)19-29(26)40-21-22-8-7-11-25(17-22)41-28-18-24(32(34)38)12-13-27(28)39-2/h4-13,17-18,26,29H,3,14-16,19-21H2,1-2H3,(H,33,36)/t26-,29-/m0/s1. The number of fused-ring (bicyclic) bond motifs is 5. The Balaban J connectivity index is 1.45. The lowest BCUT2D eigenvalue weighted by molar-refractivity contribution is -0.124. The van der Waals surface area contributed by atoms with Gasteiger partial charge in [-0.15, -0.1) is 0 Å². The van der Waals surface area contributed by atoms with Crippen molar-refractivity contribution in [2.45, 2.75) is 38.5 Å². The van der Waals surface area contributed by atoms with Gasteiger partial charge >= 0.3 is 0 Å². The van der Waals surface area contributed by atoms with E-state index in [1.54, 1.807) is 42.3 Å². The number of likely N-dealkylation sites (tertiary alicyclic amines) is 1. The predicted molar refractivity (Wildman–Crippen MR) is 153 cm³/mol. The topological polar surface area (TPSA) is 97.4 Å². The number of ether oxygens (including phenoxy) is 3. The molecule has 0 spiro atoms. The molecule has 0 saturated carbocycles. The van der Waals surface area contributed by atoms with Crippen molar-refractivity contribution in [3.8, 4) is 17.2 Å². The molecule has 0 radical (unpaired) electrons. The number of amides is 3. The van der Waals surface area contributed by atoms with Crippen molar-refractivity contribution >= 4 is 17.7 Å². The summed E-state index contributed by atoms with van der Waals surface area (Å²) in [4.78, 5) is 43.3. The second kappa shape index (κ2) is 12.9. The first-order valence-electron chi connectivity index (χ1n) is 13.9. The third kappa shape index (κ3) is 6.69. The van der Waals surface area contributed by atoms with Crippen molar-refractivity contribution in [1.82, 2.24) is 15.1 Å². The van der Waals surface area contributed by atoms with Crippen molar-refractivity contribution in [3.05, 3.63) is 89.5 Å². The van der Waals surface area contributed by atoms with Crippen molar-refractivity contribution in [3.63, 3.8) is 0 Å². The van der Waals surface area contributed by atoms with Crippen molar-refractivity contribution in [2.75, 3.05) is 33.3 Å². The van der Waals surface area contributed by atoms with Crippen LogP contribution in [0.1, 0.15) is 46.0 Å². The lowest BCUT2D eigenvalue weighted by atomic mass is 10.00. The quantitative estimate of drug-likeness (QED) is 0.515. The fourth-order valence-electron chi connectivity index (χ4n) is 5.25. The molecule has 2 aliphatic heterocycles. The highest BCUT2D eigenvalue weighted by Crippen LogP contribution is 2.33. The Morgan fingerprint density at radius 2 is 1.88 bits per heavy atom. The molecule has 2 aliphatic rings. The molecule has 1 saturated heterocycles. The Labute approximate surface area is 240 Å². The van der Waals surface area contributed by atoms with Crippen LogP contribution in [-0.4, -0.2) is 73.0 Å². The van der Waals surface area contributed by atoms with Crippen molar-refractivity contribution in [2.24, 2.45) is 0 Å². The van der Waals surface area contributed by atoms with Crippen LogP contribution in [-0.2, 0) is 16.1 Å². The highest BCUT2D eigenvalue weighted by atomic mass is 16.5. The number of benzene rings is 3. The van der Waals surface area contributed by atoms with Gasteiger partial charge in [-0.05, 0) is 60.9 Å². The number of piperidine rings is 1. The molecular weight excluding hydrogens is 522 g/mol. The van der Waals surface area contributed by atoms with Gasteiger partial charge in [-0.25, -0.2) is 0 Å². The van der Waals surface area contributed by atoms with Crippen LogP contribution >= 0.6 is 0 Å². The Morgan fingerprint density at radius 3 is 2.66 bits per heavy atom. The fourth-order valence-corrected chi connectivity index (χ4v) is 5.25. The minimum atomic E-state index is -0.444. The molecule has 3 aromatic carbocycles. The van der Waals surface area contributed by atoms with E-state index in [0.29, 0.717) is 60.9 Å². The second-order valence-corrected chi connectivity index (χ2v) is 10.3. The molecule has 3 amide bonds. The highest BCUT2D eigenvalue weighted by molar-refractivity contribution is 5.97. The van der Waals surface area contributed by atoms with Gasteiger partial charge in [0.05, 0.1) is 32.4 Å². The van der Waals surface area contributed by atoms with Gasteiger partial charge < -0.3 is 29.3 Å². The summed E-state index contributed by atoms with van der Waals surface area (Å²) >= 11 is 0. The van der Waals surface area contributed by atoms with E-state index in [4.69, 9.17) is 14.2 Å². The summed E-state index contributed by atoms with van der Waals surface area (Å²) < 4.78 is 18.0. The van der Waals surface area contributed by atoms with Crippen LogP contribution in [0.2, 0.25) is 0 Å². The largest absolute Gasteiger partial charge is 0.493 e. The molecule has 9 nitrogen and oxygen atoms in total. The van der Waals surface area contributed by atoms with E-state index >= 15 is 0 Å². The van der Waals surface area contributed by atoms with E-state index < -0.39 is 6.10 Å². The van der Waals surface area contributed by atoms with E-state index in [1.807, 2.05) is 49.4 Å². The molecule has 1 fully saturated rings. The summed E-state index contributed by atoms with van der Waals surface area (Å²) in [5.41, 5.74) is 1.88. The molecule has 3 aromatic rings. The molecule has 0 aromatic heterocycles. The van der Waals surface area contributed by atoms with Gasteiger partial charge in [0.15, 0.2) is 11.5 Å². The van der Waals surface area contributed by atoms with Crippen LogP contribution in [0.5, 0.6) is 17.2 Å². The first-order chi connectivity index (χ1) is 19.9. The highest BCUT2D eigenvalue weighted by Gasteiger charge is 2.34. The van der Waals surface area contributed by atoms with Crippen LogP contribution in [0, 0.1) is 0 Å². The van der Waals surface area contributed by atoms with Gasteiger partial charge in [0.2, 0.25) is 5.91 Å². The maximum absolute atomic E-state index is 13.5. The molecule has 214 valence electrons. The maximum atomic E-state index is 13.5. The number of nitrogens with one attached hydrogen (secondary N) is 1. The van der Waals surface area contributed by atoms with E-state index in [9.17, 15) is 14.4 Å². The number of carbonyl (C=O) groups excluding carboxylic acids is 3. The van der Waals surface area contributed by atoms with Gasteiger partial charge in [-0.3, -0.25) is 14.4 Å². The maximum Gasteiger partial charge on any atom is 0.254 e. The monoisotopic (exact) mass is 557 g/mol. The Kier molecular flexibility index (Phi) is 8.84. The summed E-state index contributed by atoms with van der Waals surface area (Å²) in [6.45, 7) is 3.36. The van der Waals surface area contributed by atoms with Crippen LogP contribution in [0.15, 0.2) is 72.8 Å². The van der Waals surface area contributed by atoms with E-state index in [-0.39, 0.29) is 36.9 Å². The lowest BCUT2D eigenvalue weighted by Gasteiger charge is -2.39. The predicted octanol–water partition coefficient (Wildman–Crippen LogP) is 4.27. The van der Waals surface area contributed by atoms with E-state index in [2.05, 4.69) is 5.32 Å². The molecule has 9 heteroatoms. The number of methoxy groups -OCH3 is 1. The van der Waals surface area contributed by atoms with Gasteiger partial charge in [0.25, 0.3) is 11.8 Å². The van der Waals surface area contributed by atoms with Crippen LogP contribution < -0.4 is 14.8 Å². The number of nitrogens with zero attached hydrogens (tertiary/aromatic N) is 2. The molecule has 1 N–H and O–H groups in total. The molecule has 2 heterocycles. The summed E-state index contributed by atoms with van der Waals surface area (Å²) in [5.74, 6) is 0.833. The molecule has 4 bridgehead atoms. The molecule has 2 atom stereocenters. The smallest absolute Gasteiger partial charge is 0.254 e. The van der Waals surface area contributed by atoms with E-state index in [1.165, 1.54) is 4.90 Å². The zero-order valence-electron chi connectivity index (χ0n) is 23.4. The average molecular weight is 558 g/mol. The lowest BCUT2D eigenvalue weighted by Crippen LogP contribution is -2.57. The minimum Gasteiger partial charge on any atom is -0.493 e. The van der Waals surface area contributed by atoms with Crippen molar-refractivity contribution < 1.29 is 28.6 Å². The van der Waals surface area contributed by atoms with Crippen LogP contribution in [0.3, 0.4) is 0 Å². The summed E-state index contributed by atoms with van der Waals surface area (Å²) in [6, 6.07) is 21.3. The van der Waals surface area contributed by atoms with Crippen molar-refractivity contribution in [1.29, 1.82) is 0 Å². The zero-order valence-corrected chi connectivity index (χ0v) is 23.4. The third-order valence-electron chi connectivity index (χ3n) is 7.33. The van der Waals surface area contributed by atoms with Crippen LogP contribution in [0.25, 0.3) is 0 Å². The first kappa shape index (κ1) is 28.2. The summed E-state index contributed by atoms with van der Waals surface area (Å²) in [6.07, 6.45) is 0.777.